The molecule has 0 bridgehead atoms. The third kappa shape index (κ3) is 4.98. The van der Waals surface area contributed by atoms with Crippen LogP contribution in [0.1, 0.15) is 44.6 Å². The molecule has 0 radical (unpaired) electrons. The van der Waals surface area contributed by atoms with Crippen LogP contribution in [0.2, 0.25) is 0 Å². The van der Waals surface area contributed by atoms with Crippen molar-refractivity contribution in [3.63, 3.8) is 0 Å². The highest BCUT2D eigenvalue weighted by Crippen LogP contribution is 2.42. The van der Waals surface area contributed by atoms with Crippen LogP contribution in [0.5, 0.6) is 5.75 Å². The summed E-state index contributed by atoms with van der Waals surface area (Å²) in [5, 5.41) is 3.39. The molecular weight excluding hydrogens is 526 g/mol. The first kappa shape index (κ1) is 27.1. The summed E-state index contributed by atoms with van der Waals surface area (Å²) in [6.07, 6.45) is 7.75. The van der Waals surface area contributed by atoms with Gasteiger partial charge in [0.05, 0.1) is 25.5 Å². The Kier molecular flexibility index (Phi) is 7.76. The Hall–Kier alpha value is -3.05. The van der Waals surface area contributed by atoms with Gasteiger partial charge in [0.15, 0.2) is 5.82 Å². The van der Waals surface area contributed by atoms with Crippen LogP contribution < -0.4 is 24.8 Å². The van der Waals surface area contributed by atoms with Crippen molar-refractivity contribution in [3.05, 3.63) is 23.9 Å². The Morgan fingerprint density at radius 2 is 1.93 bits per heavy atom. The normalized spacial score (nSPS) is 21.5. The number of carbonyl (C=O) groups is 2. The Labute approximate surface area is 240 Å². The number of hydrogen-bond donors (Lipinski definition) is 1. The summed E-state index contributed by atoms with van der Waals surface area (Å²) >= 11 is 1.95. The van der Waals surface area contributed by atoms with Gasteiger partial charge in [-0.15, -0.1) is 0 Å². The molecule has 1 atom stereocenters. The van der Waals surface area contributed by atoms with Crippen LogP contribution in [0.4, 0.5) is 28.8 Å². The van der Waals surface area contributed by atoms with Gasteiger partial charge in [-0.05, 0) is 43.4 Å². The molecule has 1 aromatic carbocycles. The van der Waals surface area contributed by atoms with Gasteiger partial charge in [0, 0.05) is 49.9 Å². The van der Waals surface area contributed by atoms with Crippen molar-refractivity contribution in [3.8, 4) is 5.75 Å². The molecule has 1 saturated carbocycles. The SMILES string of the molecule is CC[C@@H]1C(=O)N(C)c2cnc(Nc3cc4c(cc3OC)CCN4C(=O)CN3CCSCC3)nc2N1C1CCCC1. The van der Waals surface area contributed by atoms with Gasteiger partial charge in [0.2, 0.25) is 17.8 Å². The Morgan fingerprint density at radius 1 is 1.15 bits per heavy atom. The van der Waals surface area contributed by atoms with Crippen molar-refractivity contribution < 1.29 is 14.3 Å². The molecule has 1 N–H and O–H groups in total. The van der Waals surface area contributed by atoms with Gasteiger partial charge in [-0.3, -0.25) is 14.5 Å². The van der Waals surface area contributed by atoms with E-state index in [1.54, 1.807) is 18.2 Å². The second-order valence-corrected chi connectivity index (χ2v) is 12.3. The standard InChI is InChI=1S/C29H39N7O3S/c1-4-22-28(38)33(2)24-17-30-29(32-27(24)36(22)20-7-5-6-8-20)31-21-16-23-19(15-25(21)39-3)9-10-35(23)26(37)18-34-11-13-40-14-12-34/h15-17,20,22H,4-14,18H2,1-3H3,(H,30,31,32)/t22-/m1/s1. The number of benzene rings is 1. The van der Waals surface area contributed by atoms with Crippen molar-refractivity contribution in [2.45, 2.75) is 57.5 Å². The van der Waals surface area contributed by atoms with Gasteiger partial charge >= 0.3 is 0 Å². The summed E-state index contributed by atoms with van der Waals surface area (Å²) in [5.41, 5.74) is 3.48. The summed E-state index contributed by atoms with van der Waals surface area (Å²) in [6, 6.07) is 4.09. The molecule has 214 valence electrons. The first-order valence-electron chi connectivity index (χ1n) is 14.5. The Bertz CT molecular complexity index is 1280. The van der Waals surface area contributed by atoms with Crippen LogP contribution in [0.3, 0.4) is 0 Å². The summed E-state index contributed by atoms with van der Waals surface area (Å²) in [6.45, 7) is 5.11. The molecule has 10 nitrogen and oxygen atoms in total. The lowest BCUT2D eigenvalue weighted by atomic mass is 10.0. The number of thioether (sulfide) groups is 1. The molecular formula is C29H39N7O3S. The quantitative estimate of drug-likeness (QED) is 0.540. The molecule has 1 saturated heterocycles. The van der Waals surface area contributed by atoms with Gasteiger partial charge in [-0.2, -0.15) is 16.7 Å². The van der Waals surface area contributed by atoms with Crippen molar-refractivity contribution >= 4 is 52.4 Å². The topological polar surface area (TPSA) is 94.1 Å². The Balaban J connectivity index is 1.30. The fraction of sp³-hybridized carbons (Fsp3) is 0.586. The summed E-state index contributed by atoms with van der Waals surface area (Å²) in [5.74, 6) is 4.33. The van der Waals surface area contributed by atoms with Crippen LogP contribution in [-0.2, 0) is 16.0 Å². The van der Waals surface area contributed by atoms with Gasteiger partial charge in [-0.1, -0.05) is 19.8 Å². The maximum absolute atomic E-state index is 13.3. The smallest absolute Gasteiger partial charge is 0.249 e. The van der Waals surface area contributed by atoms with Gasteiger partial charge in [0.25, 0.3) is 0 Å². The van der Waals surface area contributed by atoms with Crippen molar-refractivity contribution in [1.82, 2.24) is 14.9 Å². The van der Waals surface area contributed by atoms with Crippen LogP contribution in [-0.4, -0.2) is 90.6 Å². The van der Waals surface area contributed by atoms with Gasteiger partial charge < -0.3 is 24.8 Å². The molecule has 4 aliphatic rings. The highest BCUT2D eigenvalue weighted by atomic mass is 32.2. The zero-order chi connectivity index (χ0) is 27.8. The lowest BCUT2D eigenvalue weighted by Gasteiger charge is -2.43. The van der Waals surface area contributed by atoms with Crippen LogP contribution in [0, 0.1) is 0 Å². The van der Waals surface area contributed by atoms with E-state index in [1.807, 2.05) is 35.8 Å². The molecule has 1 aromatic heterocycles. The first-order chi connectivity index (χ1) is 19.5. The number of amides is 2. The van der Waals surface area contributed by atoms with E-state index in [2.05, 4.69) is 27.0 Å². The molecule has 6 rings (SSSR count). The van der Waals surface area contributed by atoms with Crippen LogP contribution in [0.25, 0.3) is 0 Å². The molecule has 2 amide bonds. The summed E-state index contributed by atoms with van der Waals surface area (Å²) in [7, 11) is 3.46. The second kappa shape index (κ2) is 11.4. The van der Waals surface area contributed by atoms with E-state index in [1.165, 1.54) is 12.8 Å². The van der Waals surface area contributed by atoms with E-state index in [4.69, 9.17) is 9.72 Å². The van der Waals surface area contributed by atoms with E-state index in [-0.39, 0.29) is 17.9 Å². The predicted molar refractivity (Wildman–Crippen MR) is 160 cm³/mol. The van der Waals surface area contributed by atoms with E-state index in [9.17, 15) is 9.59 Å². The number of rotatable bonds is 7. The fourth-order valence-electron chi connectivity index (χ4n) is 6.54. The van der Waals surface area contributed by atoms with E-state index in [0.29, 0.717) is 30.8 Å². The third-order valence-electron chi connectivity index (χ3n) is 8.72. The maximum atomic E-state index is 13.3. The number of fused-ring (bicyclic) bond motifs is 2. The molecule has 4 heterocycles. The zero-order valence-corrected chi connectivity index (χ0v) is 24.5. The van der Waals surface area contributed by atoms with Gasteiger partial charge in [0.1, 0.15) is 17.5 Å². The van der Waals surface area contributed by atoms with Crippen molar-refractivity contribution in [2.75, 3.05) is 71.9 Å². The lowest BCUT2D eigenvalue weighted by Crippen LogP contribution is -2.55. The molecule has 2 aromatic rings. The van der Waals surface area contributed by atoms with Crippen LogP contribution in [0.15, 0.2) is 18.3 Å². The molecule has 1 aliphatic carbocycles. The molecule has 2 fully saturated rings. The summed E-state index contributed by atoms with van der Waals surface area (Å²) in [4.78, 5) is 44.2. The second-order valence-electron chi connectivity index (χ2n) is 11.1. The fourth-order valence-corrected chi connectivity index (χ4v) is 7.52. The lowest BCUT2D eigenvalue weighted by molar-refractivity contribution is -0.120. The predicted octanol–water partition coefficient (Wildman–Crippen LogP) is 3.67. The number of ether oxygens (including phenoxy) is 1. The number of methoxy groups -OCH3 is 1. The minimum atomic E-state index is -0.226. The average molecular weight is 566 g/mol. The summed E-state index contributed by atoms with van der Waals surface area (Å²) < 4.78 is 5.75. The average Bonchev–Trinajstić information content (AvgIpc) is 3.65. The van der Waals surface area contributed by atoms with Crippen molar-refractivity contribution in [2.24, 2.45) is 0 Å². The maximum Gasteiger partial charge on any atom is 0.249 e. The van der Waals surface area contributed by atoms with E-state index in [0.717, 1.165) is 78.7 Å². The number of likely N-dealkylation sites (N-methyl/N-ethyl adjacent to an activating group) is 1. The molecule has 11 heteroatoms. The number of nitrogens with zero attached hydrogens (tertiary/aromatic N) is 6. The monoisotopic (exact) mass is 565 g/mol. The van der Waals surface area contributed by atoms with E-state index >= 15 is 0 Å². The highest BCUT2D eigenvalue weighted by Gasteiger charge is 2.41. The molecule has 3 aliphatic heterocycles. The number of hydrogen-bond acceptors (Lipinski definition) is 9. The number of carbonyl (C=O) groups excluding carboxylic acids is 2. The third-order valence-corrected chi connectivity index (χ3v) is 9.66. The Morgan fingerprint density at radius 3 is 2.65 bits per heavy atom. The highest BCUT2D eigenvalue weighted by molar-refractivity contribution is 7.99. The molecule has 40 heavy (non-hydrogen) atoms. The van der Waals surface area contributed by atoms with E-state index < -0.39 is 0 Å². The number of nitrogens with one attached hydrogen (secondary N) is 1. The largest absolute Gasteiger partial charge is 0.495 e. The minimum absolute atomic E-state index is 0.0968. The first-order valence-corrected chi connectivity index (χ1v) is 15.6. The molecule has 0 spiro atoms. The zero-order valence-electron chi connectivity index (χ0n) is 23.7. The molecule has 0 unspecified atom stereocenters. The van der Waals surface area contributed by atoms with Gasteiger partial charge in [-0.25, -0.2) is 4.98 Å². The van der Waals surface area contributed by atoms with Crippen molar-refractivity contribution in [1.29, 1.82) is 0 Å². The number of anilines is 5. The number of aromatic nitrogens is 2. The van der Waals surface area contributed by atoms with Crippen LogP contribution >= 0.6 is 11.8 Å². The minimum Gasteiger partial charge on any atom is -0.495 e.